The molecule has 0 radical (unpaired) electrons. The van der Waals surface area contributed by atoms with Crippen molar-refractivity contribution in [3.63, 3.8) is 0 Å². The first-order valence-electron chi connectivity index (χ1n) is 8.66. The Labute approximate surface area is 145 Å². The molecule has 2 aromatic rings. The number of carbonyl (C=O) groups is 1. The summed E-state index contributed by atoms with van der Waals surface area (Å²) in [6.45, 7) is 6.64. The lowest BCUT2D eigenvalue weighted by Gasteiger charge is -2.23. The van der Waals surface area contributed by atoms with E-state index in [4.69, 9.17) is 0 Å². The molecule has 0 aliphatic carbocycles. The van der Waals surface area contributed by atoms with Gasteiger partial charge < -0.3 is 9.80 Å². The van der Waals surface area contributed by atoms with Crippen molar-refractivity contribution in [3.8, 4) is 0 Å². The molecule has 4 heteroatoms. The quantitative estimate of drug-likeness (QED) is 0.736. The number of benzene rings is 1. The summed E-state index contributed by atoms with van der Waals surface area (Å²) in [5.41, 5.74) is 1.93. The summed E-state index contributed by atoms with van der Waals surface area (Å²) in [6.07, 6.45) is 3.83. The van der Waals surface area contributed by atoms with Gasteiger partial charge >= 0.3 is 0 Å². The molecule has 4 nitrogen and oxygen atoms in total. The Morgan fingerprint density at radius 2 is 1.88 bits per heavy atom. The molecule has 0 aliphatic rings. The molecule has 0 atom stereocenters. The van der Waals surface area contributed by atoms with Crippen LogP contribution in [-0.2, 0) is 6.54 Å². The van der Waals surface area contributed by atoms with Crippen LogP contribution in [0.4, 0.5) is 5.82 Å². The summed E-state index contributed by atoms with van der Waals surface area (Å²) in [6, 6.07) is 14.0. The van der Waals surface area contributed by atoms with Crippen molar-refractivity contribution in [2.45, 2.75) is 33.2 Å². The van der Waals surface area contributed by atoms with Crippen LogP contribution in [-0.4, -0.2) is 35.9 Å². The van der Waals surface area contributed by atoms with E-state index >= 15 is 0 Å². The van der Waals surface area contributed by atoms with Gasteiger partial charge in [0.1, 0.15) is 5.82 Å². The minimum absolute atomic E-state index is 0.0582. The SMILES string of the molecule is CCCCN(C)C(=O)c1ccnc(N(CC)Cc2ccccc2)c1. The van der Waals surface area contributed by atoms with Crippen LogP contribution in [0.5, 0.6) is 0 Å². The topological polar surface area (TPSA) is 36.4 Å². The van der Waals surface area contributed by atoms with Crippen LogP contribution in [0, 0.1) is 0 Å². The molecule has 1 aromatic heterocycles. The lowest BCUT2D eigenvalue weighted by molar-refractivity contribution is 0.0793. The van der Waals surface area contributed by atoms with E-state index < -0.39 is 0 Å². The molecule has 2 rings (SSSR count). The Hall–Kier alpha value is -2.36. The lowest BCUT2D eigenvalue weighted by Crippen LogP contribution is -2.28. The molecule has 0 N–H and O–H groups in total. The van der Waals surface area contributed by atoms with Crippen molar-refractivity contribution in [2.24, 2.45) is 0 Å². The zero-order chi connectivity index (χ0) is 17.4. The van der Waals surface area contributed by atoms with E-state index in [0.29, 0.717) is 5.56 Å². The smallest absolute Gasteiger partial charge is 0.253 e. The Morgan fingerprint density at radius 3 is 2.54 bits per heavy atom. The Kier molecular flexibility index (Phi) is 6.79. The highest BCUT2D eigenvalue weighted by molar-refractivity contribution is 5.94. The molecule has 1 heterocycles. The van der Waals surface area contributed by atoms with Crippen LogP contribution >= 0.6 is 0 Å². The first-order chi connectivity index (χ1) is 11.7. The third-order valence-corrected chi connectivity index (χ3v) is 4.11. The average Bonchev–Trinajstić information content (AvgIpc) is 2.64. The van der Waals surface area contributed by atoms with Crippen molar-refractivity contribution in [1.82, 2.24) is 9.88 Å². The predicted octanol–water partition coefficient (Wildman–Crippen LogP) is 3.98. The predicted molar refractivity (Wildman–Crippen MR) is 99.3 cm³/mol. The number of aromatic nitrogens is 1. The van der Waals surface area contributed by atoms with Gasteiger partial charge in [-0.3, -0.25) is 4.79 Å². The minimum atomic E-state index is 0.0582. The normalized spacial score (nSPS) is 10.5. The summed E-state index contributed by atoms with van der Waals surface area (Å²) < 4.78 is 0. The lowest BCUT2D eigenvalue weighted by atomic mass is 10.2. The van der Waals surface area contributed by atoms with E-state index in [-0.39, 0.29) is 5.91 Å². The van der Waals surface area contributed by atoms with E-state index in [9.17, 15) is 4.79 Å². The zero-order valence-corrected chi connectivity index (χ0v) is 14.9. The number of hydrogen-bond donors (Lipinski definition) is 0. The first kappa shape index (κ1) is 18.0. The Balaban J connectivity index is 2.14. The van der Waals surface area contributed by atoms with E-state index in [2.05, 4.69) is 35.9 Å². The Bertz CT molecular complexity index is 642. The van der Waals surface area contributed by atoms with E-state index in [0.717, 1.165) is 38.3 Å². The van der Waals surface area contributed by atoms with Gasteiger partial charge in [-0.15, -0.1) is 0 Å². The maximum atomic E-state index is 12.6. The standard InChI is InChI=1S/C20H27N3O/c1-4-6-14-22(3)20(24)18-12-13-21-19(15-18)23(5-2)16-17-10-8-7-9-11-17/h7-13,15H,4-6,14,16H2,1-3H3. The highest BCUT2D eigenvalue weighted by atomic mass is 16.2. The molecular formula is C20H27N3O. The molecule has 0 fully saturated rings. The van der Waals surface area contributed by atoms with Gasteiger partial charge in [-0.05, 0) is 31.0 Å². The summed E-state index contributed by atoms with van der Waals surface area (Å²) in [5.74, 6) is 0.902. The molecule has 0 bridgehead atoms. The maximum absolute atomic E-state index is 12.6. The number of rotatable bonds is 8. The number of hydrogen-bond acceptors (Lipinski definition) is 3. The van der Waals surface area contributed by atoms with Gasteiger partial charge in [0.15, 0.2) is 0 Å². The van der Waals surface area contributed by atoms with Crippen molar-refractivity contribution in [3.05, 3.63) is 59.8 Å². The van der Waals surface area contributed by atoms with Crippen LogP contribution in [0.15, 0.2) is 48.7 Å². The number of unbranched alkanes of at least 4 members (excludes halogenated alkanes) is 1. The molecule has 0 spiro atoms. The van der Waals surface area contributed by atoms with E-state index in [1.807, 2.05) is 31.3 Å². The van der Waals surface area contributed by atoms with Gasteiger partial charge in [0.05, 0.1) is 0 Å². The molecule has 1 amide bonds. The summed E-state index contributed by atoms with van der Waals surface area (Å²) in [7, 11) is 1.86. The van der Waals surface area contributed by atoms with Crippen molar-refractivity contribution in [2.75, 3.05) is 25.0 Å². The van der Waals surface area contributed by atoms with Gasteiger partial charge in [0, 0.05) is 38.4 Å². The molecule has 1 aromatic carbocycles. The first-order valence-corrected chi connectivity index (χ1v) is 8.66. The number of pyridine rings is 1. The van der Waals surface area contributed by atoms with Crippen LogP contribution in [0.1, 0.15) is 42.6 Å². The van der Waals surface area contributed by atoms with Crippen LogP contribution in [0.25, 0.3) is 0 Å². The van der Waals surface area contributed by atoms with Gasteiger partial charge in [-0.25, -0.2) is 4.98 Å². The maximum Gasteiger partial charge on any atom is 0.253 e. The van der Waals surface area contributed by atoms with Gasteiger partial charge in [0.25, 0.3) is 5.91 Å². The number of anilines is 1. The molecule has 0 saturated heterocycles. The summed E-state index contributed by atoms with van der Waals surface area (Å²) in [5, 5.41) is 0. The zero-order valence-electron chi connectivity index (χ0n) is 14.9. The second-order valence-corrected chi connectivity index (χ2v) is 5.98. The molecular weight excluding hydrogens is 298 g/mol. The summed E-state index contributed by atoms with van der Waals surface area (Å²) >= 11 is 0. The van der Waals surface area contributed by atoms with Crippen molar-refractivity contribution < 1.29 is 4.79 Å². The molecule has 0 unspecified atom stereocenters. The van der Waals surface area contributed by atoms with Crippen LogP contribution in [0.2, 0.25) is 0 Å². The second-order valence-electron chi connectivity index (χ2n) is 5.98. The molecule has 24 heavy (non-hydrogen) atoms. The summed E-state index contributed by atoms with van der Waals surface area (Å²) in [4.78, 5) is 21.0. The number of carbonyl (C=O) groups excluding carboxylic acids is 1. The highest BCUT2D eigenvalue weighted by Crippen LogP contribution is 2.17. The number of nitrogens with zero attached hydrogens (tertiary/aromatic N) is 3. The monoisotopic (exact) mass is 325 g/mol. The average molecular weight is 325 g/mol. The largest absolute Gasteiger partial charge is 0.353 e. The van der Waals surface area contributed by atoms with Crippen molar-refractivity contribution in [1.29, 1.82) is 0 Å². The fourth-order valence-corrected chi connectivity index (χ4v) is 2.60. The van der Waals surface area contributed by atoms with Gasteiger partial charge in [-0.2, -0.15) is 0 Å². The third kappa shape index (κ3) is 4.82. The fourth-order valence-electron chi connectivity index (χ4n) is 2.60. The van der Waals surface area contributed by atoms with E-state index in [1.54, 1.807) is 17.2 Å². The Morgan fingerprint density at radius 1 is 1.12 bits per heavy atom. The van der Waals surface area contributed by atoms with Crippen molar-refractivity contribution >= 4 is 11.7 Å². The minimum Gasteiger partial charge on any atom is -0.353 e. The van der Waals surface area contributed by atoms with E-state index in [1.165, 1.54) is 5.56 Å². The van der Waals surface area contributed by atoms with Gasteiger partial charge in [-0.1, -0.05) is 43.7 Å². The highest BCUT2D eigenvalue weighted by Gasteiger charge is 2.14. The third-order valence-electron chi connectivity index (χ3n) is 4.11. The number of amides is 1. The molecule has 0 aliphatic heterocycles. The van der Waals surface area contributed by atoms with Crippen LogP contribution < -0.4 is 4.90 Å². The second kappa shape index (κ2) is 9.06. The van der Waals surface area contributed by atoms with Gasteiger partial charge in [0.2, 0.25) is 0 Å². The molecule has 128 valence electrons. The fraction of sp³-hybridized carbons (Fsp3) is 0.400. The van der Waals surface area contributed by atoms with Crippen LogP contribution in [0.3, 0.4) is 0 Å². The molecule has 0 saturated carbocycles.